The van der Waals surface area contributed by atoms with E-state index >= 15 is 0 Å². The number of benzene rings is 1. The zero-order valence-corrected chi connectivity index (χ0v) is 8.90. The summed E-state index contributed by atoms with van der Waals surface area (Å²) in [4.78, 5) is 10.5. The monoisotopic (exact) mass is 224 g/mol. The molecule has 0 bridgehead atoms. The van der Waals surface area contributed by atoms with Crippen LogP contribution in [0, 0.1) is 5.92 Å². The van der Waals surface area contributed by atoms with Crippen LogP contribution in [-0.4, -0.2) is 12.7 Å². The highest BCUT2D eigenvalue weighted by Gasteiger charge is 2.34. The second-order valence-corrected chi connectivity index (χ2v) is 4.32. The number of rotatable bonds is 3. The SMILES string of the molecule is O=Cc1ccc(C2CCCC2C(F)F)cc1. The van der Waals surface area contributed by atoms with Gasteiger partial charge in [0.1, 0.15) is 6.29 Å². The predicted molar refractivity (Wildman–Crippen MR) is 57.9 cm³/mol. The number of halogens is 2. The lowest BCUT2D eigenvalue weighted by molar-refractivity contribution is 0.0717. The molecule has 0 saturated heterocycles. The van der Waals surface area contributed by atoms with Crippen molar-refractivity contribution in [1.82, 2.24) is 0 Å². The van der Waals surface area contributed by atoms with E-state index in [1.807, 2.05) is 0 Å². The summed E-state index contributed by atoms with van der Waals surface area (Å²) in [5, 5.41) is 0. The van der Waals surface area contributed by atoms with Crippen molar-refractivity contribution in [3.05, 3.63) is 35.4 Å². The van der Waals surface area contributed by atoms with E-state index in [0.29, 0.717) is 12.0 Å². The summed E-state index contributed by atoms with van der Waals surface area (Å²) >= 11 is 0. The van der Waals surface area contributed by atoms with E-state index in [1.165, 1.54) is 0 Å². The molecule has 86 valence electrons. The van der Waals surface area contributed by atoms with Gasteiger partial charge in [-0.2, -0.15) is 0 Å². The van der Waals surface area contributed by atoms with E-state index < -0.39 is 12.3 Å². The molecule has 0 aromatic heterocycles. The number of carbonyl (C=O) groups is 1. The second kappa shape index (κ2) is 4.73. The zero-order chi connectivity index (χ0) is 11.5. The molecule has 1 aromatic rings. The van der Waals surface area contributed by atoms with E-state index in [1.54, 1.807) is 24.3 Å². The van der Waals surface area contributed by atoms with Gasteiger partial charge in [0.25, 0.3) is 0 Å². The zero-order valence-electron chi connectivity index (χ0n) is 8.90. The van der Waals surface area contributed by atoms with Gasteiger partial charge in [-0.15, -0.1) is 0 Å². The summed E-state index contributed by atoms with van der Waals surface area (Å²) in [6.07, 6.45) is 0.837. The largest absolute Gasteiger partial charge is 0.298 e. The van der Waals surface area contributed by atoms with Crippen molar-refractivity contribution in [3.63, 3.8) is 0 Å². The van der Waals surface area contributed by atoms with Crippen LogP contribution in [0.1, 0.15) is 41.1 Å². The maximum atomic E-state index is 12.8. The average molecular weight is 224 g/mol. The van der Waals surface area contributed by atoms with Crippen molar-refractivity contribution < 1.29 is 13.6 Å². The maximum absolute atomic E-state index is 12.8. The third kappa shape index (κ3) is 2.13. The topological polar surface area (TPSA) is 17.1 Å². The van der Waals surface area contributed by atoms with E-state index in [2.05, 4.69) is 0 Å². The van der Waals surface area contributed by atoms with Crippen LogP contribution in [0.25, 0.3) is 0 Å². The lowest BCUT2D eigenvalue weighted by atomic mass is 9.89. The highest BCUT2D eigenvalue weighted by Crippen LogP contribution is 2.42. The van der Waals surface area contributed by atoms with Crippen LogP contribution in [0.4, 0.5) is 8.78 Å². The molecular formula is C13H14F2O. The van der Waals surface area contributed by atoms with Crippen LogP contribution in [0.2, 0.25) is 0 Å². The van der Waals surface area contributed by atoms with Gasteiger partial charge in [-0.3, -0.25) is 4.79 Å². The molecule has 0 radical (unpaired) electrons. The Balaban J connectivity index is 2.19. The van der Waals surface area contributed by atoms with Crippen LogP contribution in [0.3, 0.4) is 0 Å². The van der Waals surface area contributed by atoms with Crippen molar-refractivity contribution in [2.75, 3.05) is 0 Å². The Bertz CT molecular complexity index is 359. The smallest absolute Gasteiger partial charge is 0.242 e. The van der Waals surface area contributed by atoms with Gasteiger partial charge in [0.15, 0.2) is 0 Å². The number of hydrogen-bond acceptors (Lipinski definition) is 1. The molecule has 0 heterocycles. The van der Waals surface area contributed by atoms with Gasteiger partial charge in [-0.25, -0.2) is 8.78 Å². The fraction of sp³-hybridized carbons (Fsp3) is 0.462. The molecule has 1 aliphatic carbocycles. The lowest BCUT2D eigenvalue weighted by Gasteiger charge is -2.19. The summed E-state index contributed by atoms with van der Waals surface area (Å²) in [6, 6.07) is 7.00. The number of carbonyl (C=O) groups excluding carboxylic acids is 1. The Morgan fingerprint density at radius 1 is 1.19 bits per heavy atom. The van der Waals surface area contributed by atoms with Gasteiger partial charge in [0.2, 0.25) is 6.43 Å². The molecule has 2 atom stereocenters. The molecular weight excluding hydrogens is 210 g/mol. The lowest BCUT2D eigenvalue weighted by Crippen LogP contribution is -2.14. The first-order chi connectivity index (χ1) is 7.72. The molecule has 2 rings (SSSR count). The Morgan fingerprint density at radius 3 is 2.44 bits per heavy atom. The minimum atomic E-state index is -2.24. The fourth-order valence-corrected chi connectivity index (χ4v) is 2.53. The molecule has 1 aliphatic rings. The van der Waals surface area contributed by atoms with E-state index in [0.717, 1.165) is 24.7 Å². The van der Waals surface area contributed by atoms with E-state index in [4.69, 9.17) is 0 Å². The minimum absolute atomic E-state index is 0.0410. The van der Waals surface area contributed by atoms with Crippen LogP contribution in [0.5, 0.6) is 0 Å². The van der Waals surface area contributed by atoms with Crippen molar-refractivity contribution in [1.29, 1.82) is 0 Å². The molecule has 0 amide bonds. The second-order valence-electron chi connectivity index (χ2n) is 4.32. The van der Waals surface area contributed by atoms with Crippen molar-refractivity contribution in [2.24, 2.45) is 5.92 Å². The molecule has 3 heteroatoms. The Hall–Kier alpha value is -1.25. The molecule has 16 heavy (non-hydrogen) atoms. The summed E-state index contributed by atoms with van der Waals surface area (Å²) < 4.78 is 25.5. The summed E-state index contributed by atoms with van der Waals surface area (Å²) in [7, 11) is 0. The number of hydrogen-bond donors (Lipinski definition) is 0. The molecule has 0 spiro atoms. The van der Waals surface area contributed by atoms with Crippen LogP contribution in [-0.2, 0) is 0 Å². The Kier molecular flexibility index (Phi) is 3.32. The highest BCUT2D eigenvalue weighted by atomic mass is 19.3. The highest BCUT2D eigenvalue weighted by molar-refractivity contribution is 5.74. The maximum Gasteiger partial charge on any atom is 0.242 e. The first kappa shape index (κ1) is 11.2. The fourth-order valence-electron chi connectivity index (χ4n) is 2.53. The van der Waals surface area contributed by atoms with E-state index in [-0.39, 0.29) is 5.92 Å². The summed E-state index contributed by atoms with van der Waals surface area (Å²) in [5.41, 5.74) is 1.53. The van der Waals surface area contributed by atoms with Crippen molar-refractivity contribution in [2.45, 2.75) is 31.6 Å². The quantitative estimate of drug-likeness (QED) is 0.716. The van der Waals surface area contributed by atoms with Crippen LogP contribution < -0.4 is 0 Å². The molecule has 2 unspecified atom stereocenters. The van der Waals surface area contributed by atoms with Gasteiger partial charge < -0.3 is 0 Å². The van der Waals surface area contributed by atoms with Crippen molar-refractivity contribution >= 4 is 6.29 Å². The Labute approximate surface area is 93.5 Å². The number of alkyl halides is 2. The summed E-state index contributed by atoms with van der Waals surface area (Å²) in [5.74, 6) is -0.553. The Morgan fingerprint density at radius 2 is 1.88 bits per heavy atom. The minimum Gasteiger partial charge on any atom is -0.298 e. The molecule has 0 N–H and O–H groups in total. The first-order valence-corrected chi connectivity index (χ1v) is 5.55. The van der Waals surface area contributed by atoms with Gasteiger partial charge in [-0.05, 0) is 24.3 Å². The average Bonchev–Trinajstić information content (AvgIpc) is 2.78. The predicted octanol–water partition coefficient (Wildman–Crippen LogP) is 3.65. The molecule has 1 saturated carbocycles. The van der Waals surface area contributed by atoms with Gasteiger partial charge >= 0.3 is 0 Å². The first-order valence-electron chi connectivity index (χ1n) is 5.55. The third-order valence-electron chi connectivity index (χ3n) is 3.39. The van der Waals surface area contributed by atoms with Gasteiger partial charge in [0.05, 0.1) is 0 Å². The molecule has 1 nitrogen and oxygen atoms in total. The normalized spacial score (nSPS) is 24.9. The van der Waals surface area contributed by atoms with Gasteiger partial charge in [-0.1, -0.05) is 30.7 Å². The van der Waals surface area contributed by atoms with Crippen LogP contribution >= 0.6 is 0 Å². The van der Waals surface area contributed by atoms with Crippen molar-refractivity contribution in [3.8, 4) is 0 Å². The standard InChI is InChI=1S/C13H14F2O/c14-13(15)12-3-1-2-11(12)10-6-4-9(8-16)5-7-10/h4-8,11-13H,1-3H2. The summed E-state index contributed by atoms with van der Waals surface area (Å²) in [6.45, 7) is 0. The third-order valence-corrected chi connectivity index (χ3v) is 3.39. The van der Waals surface area contributed by atoms with Gasteiger partial charge in [0, 0.05) is 11.5 Å². The molecule has 1 aromatic carbocycles. The van der Waals surface area contributed by atoms with E-state index in [9.17, 15) is 13.6 Å². The van der Waals surface area contributed by atoms with Crippen LogP contribution in [0.15, 0.2) is 24.3 Å². The number of aldehydes is 1. The molecule has 1 fully saturated rings. The molecule has 0 aliphatic heterocycles.